The van der Waals surface area contributed by atoms with Crippen LogP contribution >= 0.6 is 0 Å². The minimum absolute atomic E-state index is 0.0432. The van der Waals surface area contributed by atoms with Crippen molar-refractivity contribution in [2.45, 2.75) is 324 Å². The smallest absolute Gasteiger partial charge is 0.407 e. The van der Waals surface area contributed by atoms with Gasteiger partial charge < -0.3 is 97.7 Å². The van der Waals surface area contributed by atoms with Crippen LogP contribution in [-0.4, -0.2) is 221 Å². The molecule has 1 aliphatic rings. The van der Waals surface area contributed by atoms with Crippen LogP contribution in [0.5, 0.6) is 0 Å². The van der Waals surface area contributed by atoms with E-state index in [1.165, 1.54) is 13.8 Å². The second kappa shape index (κ2) is 49.1. The third-order valence-electron chi connectivity index (χ3n) is 17.8. The van der Waals surface area contributed by atoms with Gasteiger partial charge in [-0.15, -0.1) is 0 Å². The number of ether oxygens (including phenoxy) is 5. The van der Waals surface area contributed by atoms with Gasteiger partial charge in [0.1, 0.15) is 46.1 Å². The average molecular weight is 1630 g/mol. The van der Waals surface area contributed by atoms with Gasteiger partial charge in [0.05, 0.1) is 48.7 Å². The van der Waals surface area contributed by atoms with Crippen molar-refractivity contribution in [3.63, 3.8) is 0 Å². The lowest BCUT2D eigenvalue weighted by Gasteiger charge is -2.29. The summed E-state index contributed by atoms with van der Waals surface area (Å²) in [7, 11) is 0. The Morgan fingerprint density at radius 3 is 1.52 bits per heavy atom. The Bertz CT molecular complexity index is 3360. The Balaban J connectivity index is 3.03. The summed E-state index contributed by atoms with van der Waals surface area (Å²) in [5, 5.41) is 55.0. The highest BCUT2D eigenvalue weighted by atomic mass is 16.6. The first-order valence-corrected chi connectivity index (χ1v) is 40.2. The molecule has 1 saturated heterocycles. The van der Waals surface area contributed by atoms with Crippen molar-refractivity contribution in [3.05, 3.63) is 35.9 Å². The van der Waals surface area contributed by atoms with Crippen LogP contribution in [-0.2, 0) is 82.8 Å². The number of benzene rings is 1. The number of Topliss-reactive ketones (excluding diaryl/α,β-unsaturated/α-hetero) is 3. The van der Waals surface area contributed by atoms with Gasteiger partial charge in [0.25, 0.3) is 0 Å². The molecule has 34 heteroatoms. The molecule has 1 aliphatic heterocycles. The van der Waals surface area contributed by atoms with Gasteiger partial charge in [-0.2, -0.15) is 0 Å². The van der Waals surface area contributed by atoms with Crippen molar-refractivity contribution in [1.29, 1.82) is 0 Å². The van der Waals surface area contributed by atoms with Crippen LogP contribution in [0, 0.1) is 23.7 Å². The van der Waals surface area contributed by atoms with E-state index in [0.717, 1.165) is 6.42 Å². The second-order valence-electron chi connectivity index (χ2n) is 34.5. The first-order chi connectivity index (χ1) is 53.3. The Labute approximate surface area is 678 Å². The first kappa shape index (κ1) is 102. The van der Waals surface area contributed by atoms with E-state index in [0.29, 0.717) is 18.4 Å². The summed E-state index contributed by atoms with van der Waals surface area (Å²) in [6.45, 7) is 31.0. The van der Waals surface area contributed by atoms with Gasteiger partial charge >= 0.3 is 30.3 Å². The van der Waals surface area contributed by atoms with E-state index in [1.807, 2.05) is 6.92 Å². The maximum atomic E-state index is 15.3. The number of rotatable bonds is 35. The normalized spacial score (nSPS) is 20.3. The topological polar surface area (TPSA) is 487 Å². The molecule has 2 rings (SSSR count). The van der Waals surface area contributed by atoms with Gasteiger partial charge in [0.2, 0.25) is 41.4 Å². The van der Waals surface area contributed by atoms with E-state index in [9.17, 15) is 67.7 Å². The molecule has 0 spiro atoms. The highest BCUT2D eigenvalue weighted by molar-refractivity contribution is 5.98. The van der Waals surface area contributed by atoms with Gasteiger partial charge in [-0.25, -0.2) is 19.2 Å². The number of amides is 11. The van der Waals surface area contributed by atoms with Gasteiger partial charge in [0.15, 0.2) is 17.3 Å². The number of alkyl carbamates (subject to hydrolysis) is 4. The van der Waals surface area contributed by atoms with Crippen molar-refractivity contribution < 1.29 is 106 Å². The predicted molar refractivity (Wildman–Crippen MR) is 428 cm³/mol. The fourth-order valence-corrected chi connectivity index (χ4v) is 12.2. The molecule has 1 heterocycles. The number of carbonyl (C=O) groups excluding carboxylic acids is 15. The Hall–Kier alpha value is -9.05. The van der Waals surface area contributed by atoms with E-state index in [2.05, 4.69) is 63.8 Å². The molecular weight excluding hydrogens is 1490 g/mol. The molecule has 11 amide bonds. The molecule has 0 aliphatic carbocycles. The number of aliphatic hydroxyl groups is 2. The number of ketones is 3. The molecule has 652 valence electrons. The van der Waals surface area contributed by atoms with E-state index < -0.39 is 209 Å². The molecule has 0 aromatic heterocycles. The zero-order chi connectivity index (χ0) is 87.4. The highest BCUT2D eigenvalue weighted by Crippen LogP contribution is 2.22. The summed E-state index contributed by atoms with van der Waals surface area (Å²) in [5.41, 5.74) is -4.02. The minimum atomic E-state index is -1.76. The van der Waals surface area contributed by atoms with Gasteiger partial charge in [0, 0.05) is 70.7 Å². The molecule has 0 bridgehead atoms. The first-order valence-electron chi connectivity index (χ1n) is 40.2. The van der Waals surface area contributed by atoms with Crippen LogP contribution in [0.25, 0.3) is 0 Å². The predicted octanol–water partition coefficient (Wildman–Crippen LogP) is 5.51. The summed E-state index contributed by atoms with van der Waals surface area (Å²) in [6, 6.07) is -1.68. The lowest BCUT2D eigenvalue weighted by molar-refractivity contribution is -0.158. The van der Waals surface area contributed by atoms with Crippen molar-refractivity contribution in [2.75, 3.05) is 39.3 Å². The Morgan fingerprint density at radius 2 is 1.02 bits per heavy atom. The number of hydrogen-bond acceptors (Lipinski definition) is 23. The molecule has 1 aromatic rings. The fraction of sp³-hybridized carbons (Fsp3) is 0.741. The molecule has 1 fully saturated rings. The van der Waals surface area contributed by atoms with E-state index in [1.54, 1.807) is 148 Å². The van der Waals surface area contributed by atoms with Crippen LogP contribution in [0.1, 0.15) is 240 Å². The van der Waals surface area contributed by atoms with Crippen molar-refractivity contribution in [3.8, 4) is 0 Å². The number of nitrogens with one attached hydrogen (secondary N) is 12. The molecule has 1 aromatic carbocycles. The number of aliphatic hydroxyl groups excluding tert-OH is 2. The van der Waals surface area contributed by atoms with E-state index in [-0.39, 0.29) is 109 Å². The van der Waals surface area contributed by atoms with Crippen LogP contribution in [0.4, 0.5) is 19.2 Å². The SMILES string of the molecule is CCC[C@H](NC(=O)CCC(=O)OC(C)(C)CCC)C(=O)C[C@H](C(=O)N[C@@H](CCNC(=O)OC(C)(C)C)C(=O)C[C@H]1CCNC(=O)[C@H](C(C)O)NC(=O)[C@H](CCNC(=O)OC(C)(C)C)CC(=O)[C@H](CCNC(=O)OC(C)(C)C)NC(=O)[C@H](CC(C)C)NC(=O)[C@@H](Cc2ccccc2)NC(=O)[C@H](CCNC(=O)OC(C)(C)C)NC1)C(C)O. The molecule has 2 unspecified atom stereocenters. The summed E-state index contributed by atoms with van der Waals surface area (Å²) < 4.78 is 27.3. The van der Waals surface area contributed by atoms with Gasteiger partial charge in [-0.05, 0) is 186 Å². The van der Waals surface area contributed by atoms with E-state index in [4.69, 9.17) is 23.7 Å². The Kier molecular flexibility index (Phi) is 43.6. The minimum Gasteiger partial charge on any atom is -0.460 e. The van der Waals surface area contributed by atoms with Crippen LogP contribution in [0.3, 0.4) is 0 Å². The van der Waals surface area contributed by atoms with Crippen LogP contribution < -0.4 is 63.8 Å². The van der Waals surface area contributed by atoms with Crippen molar-refractivity contribution in [1.82, 2.24) is 63.8 Å². The third-order valence-corrected chi connectivity index (χ3v) is 17.8. The molecule has 0 saturated carbocycles. The molecule has 34 nitrogen and oxygen atoms in total. The fourth-order valence-electron chi connectivity index (χ4n) is 12.2. The third kappa shape index (κ3) is 44.0. The maximum absolute atomic E-state index is 15.3. The summed E-state index contributed by atoms with van der Waals surface area (Å²) in [4.78, 5) is 212. The molecule has 14 N–H and O–H groups in total. The number of esters is 1. The van der Waals surface area contributed by atoms with Crippen molar-refractivity contribution in [2.24, 2.45) is 23.7 Å². The summed E-state index contributed by atoms with van der Waals surface area (Å²) in [5.74, 6) is -13.2. The lowest BCUT2D eigenvalue weighted by Crippen LogP contribution is -2.58. The van der Waals surface area contributed by atoms with Gasteiger partial charge in [-0.3, -0.25) is 52.7 Å². The van der Waals surface area contributed by atoms with Crippen LogP contribution in [0.15, 0.2) is 30.3 Å². The lowest BCUT2D eigenvalue weighted by atomic mass is 9.90. The maximum Gasteiger partial charge on any atom is 0.407 e. The average Bonchev–Trinajstić information content (AvgIpc) is 1.20. The van der Waals surface area contributed by atoms with E-state index >= 15 is 14.4 Å². The molecule has 12 atom stereocenters. The largest absolute Gasteiger partial charge is 0.460 e. The standard InChI is InChI=1S/C81H136N12O22/c1-21-26-55(88-64(99)29-30-65(100)111-81(19,20)36-22-2)63(98)46-54(49(5)94)68(102)89-56(33-39-84-74(108)113-78(10,11)12)61(96)44-52-31-37-82-72(106)66(50(6)95)93-67(101)53(32-38-83-73(107)112-77(7,8)9)45-62(97)57(34-40-85-75(109)114-79(13,14)15)90-70(104)59(42-48(3)4)91-71(105)60(43-51-27-24-23-25-28-51)92-69(103)58(87-47-52)35-41-86-76(110)115-80(16,17)18/h23-25,27-28,48-50,52-60,66,87,94-95H,21-22,26,29-47H2,1-20H3,(H,82,106)(H,83,107)(H,84,108)(H,85,109)(H,86,110)(H,88,99)(H,89,102)(H,90,104)(H,91,105)(H,92,103)(H,93,101)/t49?,50?,52-,53-,54+,55+,56+,57+,58+,59+,60-,66+/m1/s1. The number of hydrogen-bond donors (Lipinski definition) is 14. The zero-order valence-electron chi connectivity index (χ0n) is 71.5. The monoisotopic (exact) mass is 1630 g/mol. The molecular formula is C81H136N12O22. The molecule has 115 heavy (non-hydrogen) atoms. The summed E-state index contributed by atoms with van der Waals surface area (Å²) in [6.07, 6.45) is -8.82. The quantitative estimate of drug-likeness (QED) is 0.0294. The molecule has 0 radical (unpaired) electrons. The Morgan fingerprint density at radius 1 is 0.530 bits per heavy atom. The van der Waals surface area contributed by atoms with Crippen molar-refractivity contribution >= 4 is 89.0 Å². The summed E-state index contributed by atoms with van der Waals surface area (Å²) >= 11 is 0. The highest BCUT2D eigenvalue weighted by Gasteiger charge is 2.39. The number of carbonyl (C=O) groups is 15. The zero-order valence-corrected chi connectivity index (χ0v) is 71.5. The van der Waals surface area contributed by atoms with Crippen LogP contribution in [0.2, 0.25) is 0 Å². The van der Waals surface area contributed by atoms with Gasteiger partial charge in [-0.1, -0.05) is 70.9 Å². The second-order valence-corrected chi connectivity index (χ2v) is 34.5.